The van der Waals surface area contributed by atoms with Crippen molar-refractivity contribution in [2.45, 2.75) is 32.7 Å². The molecule has 7 nitrogen and oxygen atoms in total. The van der Waals surface area contributed by atoms with Crippen molar-refractivity contribution in [1.82, 2.24) is 19.5 Å². The maximum absolute atomic E-state index is 12.2. The molecular formula is C22H24N4O3. The van der Waals surface area contributed by atoms with Crippen molar-refractivity contribution < 1.29 is 9.84 Å². The molecule has 0 spiro atoms. The summed E-state index contributed by atoms with van der Waals surface area (Å²) in [7, 11) is 0. The molecule has 2 atom stereocenters. The van der Waals surface area contributed by atoms with Gasteiger partial charge in [0.15, 0.2) is 0 Å². The molecule has 29 heavy (non-hydrogen) atoms. The average molecular weight is 392 g/mol. The van der Waals surface area contributed by atoms with Gasteiger partial charge in [0.05, 0.1) is 18.8 Å². The second-order valence-electron chi connectivity index (χ2n) is 7.48. The van der Waals surface area contributed by atoms with Crippen molar-refractivity contribution in [2.75, 3.05) is 13.2 Å². The minimum absolute atomic E-state index is 0.0837. The Morgan fingerprint density at radius 1 is 1.21 bits per heavy atom. The van der Waals surface area contributed by atoms with Gasteiger partial charge in [-0.1, -0.05) is 6.07 Å². The van der Waals surface area contributed by atoms with Gasteiger partial charge in [0, 0.05) is 48.7 Å². The SMILES string of the molecule is Cc1ccc(C2CC2COc2nc(C)ncc2-c2ccn(CCO)c(=O)c2)nc1. The van der Waals surface area contributed by atoms with Gasteiger partial charge >= 0.3 is 0 Å². The number of rotatable bonds is 7. The standard InChI is InChI=1S/C22H24N4O3/c1-14-3-4-20(24-11-14)18-9-17(18)13-29-22-19(12-23-15(2)25-22)16-5-6-26(7-8-27)21(28)10-16/h3-6,10-12,17-18,27H,7-9,13H2,1-2H3. The number of aromatic nitrogens is 4. The zero-order valence-electron chi connectivity index (χ0n) is 16.6. The molecule has 1 aliphatic rings. The fourth-order valence-corrected chi connectivity index (χ4v) is 3.40. The quantitative estimate of drug-likeness (QED) is 0.664. The Labute approximate surface area is 169 Å². The number of ether oxygens (including phenoxy) is 1. The van der Waals surface area contributed by atoms with Gasteiger partial charge in [-0.2, -0.15) is 4.98 Å². The fraction of sp³-hybridized carbons (Fsp3) is 0.364. The second-order valence-corrected chi connectivity index (χ2v) is 7.48. The molecule has 7 heteroatoms. The first-order valence-electron chi connectivity index (χ1n) is 9.76. The summed E-state index contributed by atoms with van der Waals surface area (Å²) in [5.74, 6) is 1.93. The largest absolute Gasteiger partial charge is 0.477 e. The van der Waals surface area contributed by atoms with Gasteiger partial charge in [0.2, 0.25) is 5.88 Å². The number of aliphatic hydroxyl groups is 1. The first kappa shape index (κ1) is 19.3. The molecule has 3 aromatic heterocycles. The van der Waals surface area contributed by atoms with Crippen LogP contribution in [0, 0.1) is 19.8 Å². The van der Waals surface area contributed by atoms with E-state index in [1.54, 1.807) is 12.4 Å². The lowest BCUT2D eigenvalue weighted by molar-refractivity contribution is 0.274. The third-order valence-electron chi connectivity index (χ3n) is 5.19. The van der Waals surface area contributed by atoms with Crippen molar-refractivity contribution in [3.63, 3.8) is 0 Å². The fourth-order valence-electron chi connectivity index (χ4n) is 3.40. The van der Waals surface area contributed by atoms with E-state index in [0.29, 0.717) is 41.3 Å². The van der Waals surface area contributed by atoms with Gasteiger partial charge in [-0.25, -0.2) is 4.98 Å². The normalized spacial score (nSPS) is 17.9. The minimum atomic E-state index is -0.184. The van der Waals surface area contributed by atoms with Crippen molar-refractivity contribution in [2.24, 2.45) is 5.92 Å². The Morgan fingerprint density at radius 2 is 2.07 bits per heavy atom. The molecule has 150 valence electrons. The van der Waals surface area contributed by atoms with E-state index in [-0.39, 0.29) is 18.7 Å². The molecule has 0 radical (unpaired) electrons. The maximum Gasteiger partial charge on any atom is 0.251 e. The van der Waals surface area contributed by atoms with Gasteiger partial charge in [0.25, 0.3) is 5.56 Å². The Balaban J connectivity index is 1.50. The number of aliphatic hydroxyl groups excluding tert-OH is 1. The Hall–Kier alpha value is -3.06. The van der Waals surface area contributed by atoms with Crippen molar-refractivity contribution in [1.29, 1.82) is 0 Å². The van der Waals surface area contributed by atoms with Gasteiger partial charge in [-0.3, -0.25) is 9.78 Å². The summed E-state index contributed by atoms with van der Waals surface area (Å²) in [6.45, 7) is 4.57. The molecule has 3 aromatic rings. The summed E-state index contributed by atoms with van der Waals surface area (Å²) in [4.78, 5) is 25.5. The number of hydrogen-bond acceptors (Lipinski definition) is 6. The zero-order valence-corrected chi connectivity index (χ0v) is 16.6. The Kier molecular flexibility index (Phi) is 5.40. The monoisotopic (exact) mass is 392 g/mol. The first-order chi connectivity index (χ1) is 14.0. The van der Waals surface area contributed by atoms with Crippen LogP contribution in [0.1, 0.15) is 29.4 Å². The Bertz CT molecular complexity index is 1060. The summed E-state index contributed by atoms with van der Waals surface area (Å²) in [5, 5.41) is 9.05. The predicted octanol–water partition coefficient (Wildman–Crippen LogP) is 2.49. The first-order valence-corrected chi connectivity index (χ1v) is 9.76. The van der Waals surface area contributed by atoms with E-state index in [0.717, 1.165) is 17.7 Å². The summed E-state index contributed by atoms with van der Waals surface area (Å²) < 4.78 is 7.52. The highest BCUT2D eigenvalue weighted by Crippen LogP contribution is 2.47. The van der Waals surface area contributed by atoms with E-state index in [9.17, 15) is 4.79 Å². The van der Waals surface area contributed by atoms with E-state index >= 15 is 0 Å². The van der Waals surface area contributed by atoms with Crippen molar-refractivity contribution in [3.8, 4) is 17.0 Å². The molecule has 1 N–H and O–H groups in total. The van der Waals surface area contributed by atoms with E-state index in [1.807, 2.05) is 26.1 Å². The summed E-state index contributed by atoms with van der Waals surface area (Å²) in [6.07, 6.45) is 6.30. The van der Waals surface area contributed by atoms with Crippen molar-refractivity contribution in [3.05, 3.63) is 70.3 Å². The third kappa shape index (κ3) is 4.35. The van der Waals surface area contributed by atoms with Gasteiger partial charge in [-0.15, -0.1) is 0 Å². The van der Waals surface area contributed by atoms with Crippen LogP contribution >= 0.6 is 0 Å². The topological polar surface area (TPSA) is 90.1 Å². The van der Waals surface area contributed by atoms with Crippen LogP contribution in [0.5, 0.6) is 5.88 Å². The molecule has 1 fully saturated rings. The lowest BCUT2D eigenvalue weighted by Crippen LogP contribution is -2.20. The molecule has 0 aliphatic heterocycles. The van der Waals surface area contributed by atoms with Crippen LogP contribution in [-0.4, -0.2) is 37.8 Å². The highest BCUT2D eigenvalue weighted by molar-refractivity contribution is 5.67. The number of hydrogen-bond donors (Lipinski definition) is 1. The van der Waals surface area contributed by atoms with Crippen molar-refractivity contribution >= 4 is 0 Å². The molecule has 2 unspecified atom stereocenters. The lowest BCUT2D eigenvalue weighted by Gasteiger charge is -2.12. The second kappa shape index (κ2) is 8.13. The Morgan fingerprint density at radius 3 is 2.79 bits per heavy atom. The summed E-state index contributed by atoms with van der Waals surface area (Å²) >= 11 is 0. The van der Waals surface area contributed by atoms with Gasteiger partial charge in [-0.05, 0) is 43.5 Å². The molecule has 0 saturated heterocycles. The van der Waals surface area contributed by atoms with Crippen LogP contribution in [0.15, 0.2) is 47.7 Å². The smallest absolute Gasteiger partial charge is 0.251 e. The molecule has 0 bridgehead atoms. The highest BCUT2D eigenvalue weighted by atomic mass is 16.5. The zero-order chi connectivity index (χ0) is 20.4. The highest BCUT2D eigenvalue weighted by Gasteiger charge is 2.40. The van der Waals surface area contributed by atoms with Gasteiger partial charge in [0.1, 0.15) is 5.82 Å². The van der Waals surface area contributed by atoms with Crippen LogP contribution in [0.2, 0.25) is 0 Å². The predicted molar refractivity (Wildman–Crippen MR) is 109 cm³/mol. The number of nitrogens with zero attached hydrogens (tertiary/aromatic N) is 4. The average Bonchev–Trinajstić information content (AvgIpc) is 3.48. The molecule has 1 aliphatic carbocycles. The van der Waals surface area contributed by atoms with E-state index in [2.05, 4.69) is 27.1 Å². The van der Waals surface area contributed by atoms with E-state index in [4.69, 9.17) is 9.84 Å². The van der Waals surface area contributed by atoms with Gasteiger partial charge < -0.3 is 14.4 Å². The molecular weight excluding hydrogens is 368 g/mol. The number of pyridine rings is 2. The van der Waals surface area contributed by atoms with E-state index in [1.165, 1.54) is 10.6 Å². The van der Waals surface area contributed by atoms with Crippen LogP contribution in [-0.2, 0) is 6.54 Å². The van der Waals surface area contributed by atoms with Crippen LogP contribution in [0.25, 0.3) is 11.1 Å². The molecule has 4 rings (SSSR count). The third-order valence-corrected chi connectivity index (χ3v) is 5.19. The van der Waals surface area contributed by atoms with Crippen LogP contribution in [0.3, 0.4) is 0 Å². The van der Waals surface area contributed by atoms with Crippen LogP contribution < -0.4 is 10.3 Å². The molecule has 3 heterocycles. The molecule has 0 aromatic carbocycles. The summed E-state index contributed by atoms with van der Waals surface area (Å²) in [6, 6.07) is 7.51. The molecule has 0 amide bonds. The van der Waals surface area contributed by atoms with Crippen LogP contribution in [0.4, 0.5) is 0 Å². The summed E-state index contributed by atoms with van der Waals surface area (Å²) in [5.41, 5.74) is 3.47. The van der Waals surface area contributed by atoms with E-state index < -0.39 is 0 Å². The lowest BCUT2D eigenvalue weighted by atomic mass is 10.1. The number of aryl methyl sites for hydroxylation is 2. The molecule has 1 saturated carbocycles. The maximum atomic E-state index is 12.2. The minimum Gasteiger partial charge on any atom is -0.477 e.